The molecule has 1 aromatic carbocycles. The Morgan fingerprint density at radius 2 is 2.15 bits per heavy atom. The number of hydrogen-bond donors (Lipinski definition) is 1. The number of halogens is 1. The van der Waals surface area contributed by atoms with Crippen LogP contribution in [-0.2, 0) is 20.7 Å². The Hall–Kier alpha value is -2.64. The van der Waals surface area contributed by atoms with Crippen molar-refractivity contribution in [3.63, 3.8) is 0 Å². The van der Waals surface area contributed by atoms with Gasteiger partial charge in [-0.05, 0) is 43.5 Å². The van der Waals surface area contributed by atoms with Crippen molar-refractivity contribution < 1.29 is 18.7 Å². The Morgan fingerprint density at radius 3 is 2.85 bits per heavy atom. The Bertz CT molecular complexity index is 953. The molecule has 3 rings (SSSR count). The maximum Gasteiger partial charge on any atom is 0.312 e. The van der Waals surface area contributed by atoms with Crippen LogP contribution in [0, 0.1) is 6.92 Å². The molecule has 140 valence electrons. The van der Waals surface area contributed by atoms with Gasteiger partial charge in [0, 0.05) is 10.7 Å². The predicted octanol–water partition coefficient (Wildman–Crippen LogP) is 4.48. The van der Waals surface area contributed by atoms with Crippen molar-refractivity contribution in [2.75, 3.05) is 5.32 Å². The largest absolute Gasteiger partial charge is 0.452 e. The first kappa shape index (κ1) is 19.1. The maximum absolute atomic E-state index is 12.2. The van der Waals surface area contributed by atoms with E-state index in [-0.39, 0.29) is 6.42 Å². The third-order valence-corrected chi connectivity index (χ3v) is 4.80. The quantitative estimate of drug-likeness (QED) is 0.612. The number of thiophene rings is 1. The van der Waals surface area contributed by atoms with E-state index < -0.39 is 18.0 Å². The summed E-state index contributed by atoms with van der Waals surface area (Å²) in [7, 11) is 0. The van der Waals surface area contributed by atoms with Gasteiger partial charge in [-0.15, -0.1) is 11.3 Å². The Kier molecular flexibility index (Phi) is 5.93. The second-order valence-electron chi connectivity index (χ2n) is 5.81. The molecule has 0 aliphatic carbocycles. The molecule has 0 spiro atoms. The van der Waals surface area contributed by atoms with Gasteiger partial charge < -0.3 is 14.5 Å². The molecule has 27 heavy (non-hydrogen) atoms. The number of esters is 1. The number of ether oxygens (including phenoxy) is 1. The molecule has 1 unspecified atom stereocenters. The number of amides is 1. The van der Waals surface area contributed by atoms with Gasteiger partial charge in [0.05, 0.1) is 17.0 Å². The van der Waals surface area contributed by atoms with Crippen LogP contribution in [0.15, 0.2) is 46.2 Å². The average molecular weight is 405 g/mol. The van der Waals surface area contributed by atoms with Crippen LogP contribution in [0.4, 0.5) is 5.69 Å². The molecular formula is C19H17ClN2O4S. The zero-order valence-electron chi connectivity index (χ0n) is 14.7. The van der Waals surface area contributed by atoms with Crippen molar-refractivity contribution in [3.05, 3.63) is 58.3 Å². The zero-order valence-corrected chi connectivity index (χ0v) is 16.3. The first-order valence-corrected chi connectivity index (χ1v) is 9.44. The number of carbonyl (C=O) groups is 2. The molecule has 0 fully saturated rings. The molecule has 1 amide bonds. The van der Waals surface area contributed by atoms with Crippen LogP contribution in [0.2, 0.25) is 5.02 Å². The van der Waals surface area contributed by atoms with E-state index in [2.05, 4.69) is 10.3 Å². The van der Waals surface area contributed by atoms with Crippen molar-refractivity contribution in [2.24, 2.45) is 0 Å². The summed E-state index contributed by atoms with van der Waals surface area (Å²) in [6, 6.07) is 10.5. The molecule has 0 radical (unpaired) electrons. The van der Waals surface area contributed by atoms with Gasteiger partial charge in [-0.25, -0.2) is 4.98 Å². The first-order valence-electron chi connectivity index (χ1n) is 8.18. The molecule has 0 aliphatic rings. The fourth-order valence-corrected chi connectivity index (χ4v) is 3.18. The summed E-state index contributed by atoms with van der Waals surface area (Å²) in [5.41, 5.74) is 1.02. The molecule has 8 heteroatoms. The summed E-state index contributed by atoms with van der Waals surface area (Å²) in [5.74, 6) is 0.0167. The molecule has 2 aromatic heterocycles. The van der Waals surface area contributed by atoms with Crippen LogP contribution >= 0.6 is 22.9 Å². The fourth-order valence-electron chi connectivity index (χ4n) is 2.34. The summed E-state index contributed by atoms with van der Waals surface area (Å²) in [4.78, 5) is 29.6. The summed E-state index contributed by atoms with van der Waals surface area (Å²) in [5, 5.41) is 5.07. The molecule has 6 nitrogen and oxygen atoms in total. The van der Waals surface area contributed by atoms with Crippen LogP contribution in [-0.4, -0.2) is 23.0 Å². The van der Waals surface area contributed by atoms with Crippen LogP contribution in [0.3, 0.4) is 0 Å². The van der Waals surface area contributed by atoms with E-state index in [1.807, 2.05) is 17.5 Å². The van der Waals surface area contributed by atoms with E-state index in [1.54, 1.807) is 31.2 Å². The van der Waals surface area contributed by atoms with Gasteiger partial charge in [-0.1, -0.05) is 23.7 Å². The Balaban J connectivity index is 1.58. The van der Waals surface area contributed by atoms with Gasteiger partial charge in [0.2, 0.25) is 5.89 Å². The average Bonchev–Trinajstić information content (AvgIpc) is 3.25. The molecule has 2 heterocycles. The molecular weight excluding hydrogens is 388 g/mol. The topological polar surface area (TPSA) is 81.4 Å². The summed E-state index contributed by atoms with van der Waals surface area (Å²) < 4.78 is 10.8. The molecule has 0 aliphatic heterocycles. The van der Waals surface area contributed by atoms with Gasteiger partial charge >= 0.3 is 5.97 Å². The lowest BCUT2D eigenvalue weighted by molar-refractivity contribution is -0.152. The lowest BCUT2D eigenvalue weighted by Crippen LogP contribution is -2.30. The number of benzene rings is 1. The number of oxazole rings is 1. The normalized spacial score (nSPS) is 11.8. The summed E-state index contributed by atoms with van der Waals surface area (Å²) >= 11 is 7.38. The zero-order chi connectivity index (χ0) is 19.4. The highest BCUT2D eigenvalue weighted by Crippen LogP contribution is 2.26. The van der Waals surface area contributed by atoms with Gasteiger partial charge in [0.15, 0.2) is 6.10 Å². The van der Waals surface area contributed by atoms with Gasteiger partial charge in [-0.2, -0.15) is 0 Å². The molecule has 1 N–H and O–H groups in total. The lowest BCUT2D eigenvalue weighted by atomic mass is 10.2. The summed E-state index contributed by atoms with van der Waals surface area (Å²) in [6.45, 7) is 3.24. The highest BCUT2D eigenvalue weighted by molar-refractivity contribution is 7.13. The number of aryl methyl sites for hydroxylation is 1. The van der Waals surface area contributed by atoms with Crippen molar-refractivity contribution >= 4 is 40.5 Å². The van der Waals surface area contributed by atoms with E-state index in [0.29, 0.717) is 28.1 Å². The third-order valence-electron chi connectivity index (χ3n) is 3.71. The van der Waals surface area contributed by atoms with Gasteiger partial charge in [0.25, 0.3) is 5.91 Å². The number of carbonyl (C=O) groups excluding carboxylic acids is 2. The van der Waals surface area contributed by atoms with Crippen LogP contribution in [0.25, 0.3) is 10.8 Å². The first-order chi connectivity index (χ1) is 12.9. The van der Waals surface area contributed by atoms with E-state index in [9.17, 15) is 9.59 Å². The molecule has 0 saturated heterocycles. The van der Waals surface area contributed by atoms with Crippen LogP contribution in [0.1, 0.15) is 18.4 Å². The maximum atomic E-state index is 12.2. The monoisotopic (exact) mass is 404 g/mol. The van der Waals surface area contributed by atoms with Crippen LogP contribution < -0.4 is 5.32 Å². The van der Waals surface area contributed by atoms with E-state index in [4.69, 9.17) is 20.8 Å². The molecule has 0 bridgehead atoms. The second kappa shape index (κ2) is 8.37. The number of hydrogen-bond acceptors (Lipinski definition) is 6. The minimum atomic E-state index is -0.958. The number of anilines is 1. The SMILES string of the molecule is Cc1oc(-c2cccs2)nc1CC(=O)OC(C)C(=O)Nc1cccc(Cl)c1. The van der Waals surface area contributed by atoms with Gasteiger partial charge in [-0.3, -0.25) is 9.59 Å². The number of nitrogens with one attached hydrogen (secondary N) is 1. The predicted molar refractivity (Wildman–Crippen MR) is 104 cm³/mol. The minimum Gasteiger partial charge on any atom is -0.452 e. The Morgan fingerprint density at radius 1 is 1.33 bits per heavy atom. The van der Waals surface area contributed by atoms with Crippen LogP contribution in [0.5, 0.6) is 0 Å². The standard InChI is InChI=1S/C19H17ClN2O4S/c1-11-15(22-19(26-11)16-7-4-8-27-16)10-17(23)25-12(2)18(24)21-14-6-3-5-13(20)9-14/h3-9,12H,10H2,1-2H3,(H,21,24). The van der Waals surface area contributed by atoms with Crippen molar-refractivity contribution in [2.45, 2.75) is 26.4 Å². The van der Waals surface area contributed by atoms with E-state index in [0.717, 1.165) is 4.88 Å². The Labute approximate surface area is 165 Å². The lowest BCUT2D eigenvalue weighted by Gasteiger charge is -2.13. The number of aromatic nitrogens is 1. The van der Waals surface area contributed by atoms with Gasteiger partial charge in [0.1, 0.15) is 5.76 Å². The molecule has 3 aromatic rings. The molecule has 0 saturated carbocycles. The van der Waals surface area contributed by atoms with E-state index >= 15 is 0 Å². The van der Waals surface area contributed by atoms with Crippen molar-refractivity contribution in [1.82, 2.24) is 4.98 Å². The van der Waals surface area contributed by atoms with Crippen molar-refractivity contribution in [3.8, 4) is 10.8 Å². The smallest absolute Gasteiger partial charge is 0.312 e. The number of rotatable bonds is 6. The fraction of sp³-hybridized carbons (Fsp3) is 0.211. The highest BCUT2D eigenvalue weighted by atomic mass is 35.5. The van der Waals surface area contributed by atoms with Crippen molar-refractivity contribution in [1.29, 1.82) is 0 Å². The molecule has 1 atom stereocenters. The minimum absolute atomic E-state index is 0.0739. The second-order valence-corrected chi connectivity index (χ2v) is 7.19. The summed E-state index contributed by atoms with van der Waals surface area (Å²) in [6.07, 6.45) is -1.03. The number of nitrogens with zero attached hydrogens (tertiary/aromatic N) is 1. The van der Waals surface area contributed by atoms with E-state index in [1.165, 1.54) is 18.3 Å². The highest BCUT2D eigenvalue weighted by Gasteiger charge is 2.21. The third kappa shape index (κ3) is 4.96.